The number of aryl methyl sites for hydroxylation is 1. The van der Waals surface area contributed by atoms with E-state index >= 15 is 0 Å². The smallest absolute Gasteiger partial charge is 0.0704 e. The second-order valence-electron chi connectivity index (χ2n) is 4.35. The van der Waals surface area contributed by atoms with Gasteiger partial charge in [-0.1, -0.05) is 31.1 Å². The average molecular weight is 265 g/mol. The molecule has 2 aromatic heterocycles. The molecule has 0 saturated heterocycles. The lowest BCUT2D eigenvalue weighted by Gasteiger charge is -2.06. The van der Waals surface area contributed by atoms with Crippen LogP contribution in [0.4, 0.5) is 0 Å². The molecular formula is C18H16N2. The summed E-state index contributed by atoms with van der Waals surface area (Å²) in [4.78, 5) is 8.59. The van der Waals surface area contributed by atoms with E-state index < -0.39 is 13.2 Å². The summed E-state index contributed by atoms with van der Waals surface area (Å²) in [5.41, 5.74) is 3.10. The van der Waals surface area contributed by atoms with Gasteiger partial charge in [-0.15, -0.1) is 0 Å². The van der Waals surface area contributed by atoms with Gasteiger partial charge >= 0.3 is 0 Å². The van der Waals surface area contributed by atoms with Gasteiger partial charge in [-0.2, -0.15) is 0 Å². The molecule has 0 fully saturated rings. The van der Waals surface area contributed by atoms with Gasteiger partial charge in [0.05, 0.1) is 11.4 Å². The van der Waals surface area contributed by atoms with E-state index in [0.717, 1.165) is 16.8 Å². The molecule has 20 heavy (non-hydrogen) atoms. The SMILES string of the molecule is [2H]C([2H])([2H])C([2H])([2H])c1ccnc(-c2cccc(-c3ccccn3)c2)c1. The number of aromatic nitrogens is 2. The first-order valence-corrected chi connectivity index (χ1v) is 6.27. The van der Waals surface area contributed by atoms with Crippen molar-refractivity contribution < 1.29 is 6.85 Å². The van der Waals surface area contributed by atoms with Crippen LogP contribution in [0.1, 0.15) is 19.3 Å². The topological polar surface area (TPSA) is 25.8 Å². The molecule has 0 aliphatic rings. The highest BCUT2D eigenvalue weighted by Crippen LogP contribution is 2.24. The molecule has 0 amide bonds. The van der Waals surface area contributed by atoms with Gasteiger partial charge < -0.3 is 0 Å². The molecule has 2 nitrogen and oxygen atoms in total. The van der Waals surface area contributed by atoms with Crippen LogP contribution in [0, 0.1) is 0 Å². The average Bonchev–Trinajstić information content (AvgIpc) is 2.62. The fourth-order valence-corrected chi connectivity index (χ4v) is 2.04. The highest BCUT2D eigenvalue weighted by molar-refractivity contribution is 5.69. The van der Waals surface area contributed by atoms with E-state index in [9.17, 15) is 0 Å². The van der Waals surface area contributed by atoms with Crippen LogP contribution in [-0.2, 0) is 6.37 Å². The standard InChI is InChI=1S/C18H16N2/c1-2-14-9-11-20-18(12-14)16-7-5-6-15(13-16)17-8-3-4-10-19-17/h3-13H,2H2,1H3/i1D3,2D2. The summed E-state index contributed by atoms with van der Waals surface area (Å²) in [5.74, 6) is 0. The van der Waals surface area contributed by atoms with Crippen LogP contribution in [-0.4, -0.2) is 9.97 Å². The van der Waals surface area contributed by atoms with Crippen molar-refractivity contribution in [3.8, 4) is 22.5 Å². The molecule has 98 valence electrons. The summed E-state index contributed by atoms with van der Waals surface area (Å²) in [6, 6.07) is 16.1. The Morgan fingerprint density at radius 1 is 0.900 bits per heavy atom. The van der Waals surface area contributed by atoms with Crippen molar-refractivity contribution in [2.24, 2.45) is 0 Å². The molecule has 0 N–H and O–H groups in total. The molecule has 0 bridgehead atoms. The van der Waals surface area contributed by atoms with Gasteiger partial charge in [0.15, 0.2) is 0 Å². The first-order chi connectivity index (χ1) is 11.8. The Kier molecular flexibility index (Phi) is 2.25. The van der Waals surface area contributed by atoms with E-state index in [4.69, 9.17) is 6.85 Å². The lowest BCUT2D eigenvalue weighted by atomic mass is 10.0. The molecule has 0 unspecified atom stereocenters. The van der Waals surface area contributed by atoms with Gasteiger partial charge in [0.25, 0.3) is 0 Å². The Labute approximate surface area is 126 Å². The highest BCUT2D eigenvalue weighted by atomic mass is 14.7. The van der Waals surface area contributed by atoms with Gasteiger partial charge in [-0.3, -0.25) is 9.97 Å². The van der Waals surface area contributed by atoms with Crippen molar-refractivity contribution in [1.29, 1.82) is 0 Å². The Morgan fingerprint density at radius 2 is 1.75 bits per heavy atom. The van der Waals surface area contributed by atoms with Gasteiger partial charge in [-0.05, 0) is 42.3 Å². The Morgan fingerprint density at radius 3 is 2.55 bits per heavy atom. The quantitative estimate of drug-likeness (QED) is 0.702. The predicted molar refractivity (Wildman–Crippen MR) is 82.3 cm³/mol. The Balaban J connectivity index is 2.03. The first kappa shape index (κ1) is 7.95. The van der Waals surface area contributed by atoms with Gasteiger partial charge in [0.1, 0.15) is 0 Å². The number of benzene rings is 1. The van der Waals surface area contributed by atoms with Crippen LogP contribution in [0.2, 0.25) is 0 Å². The minimum absolute atomic E-state index is 0.0840. The second kappa shape index (κ2) is 5.66. The Bertz CT molecular complexity index is 876. The normalized spacial score (nSPS) is 15.5. The minimum atomic E-state index is -2.75. The number of hydrogen-bond acceptors (Lipinski definition) is 2. The molecule has 3 rings (SSSR count). The molecule has 3 aromatic rings. The molecule has 0 spiro atoms. The summed E-state index contributed by atoms with van der Waals surface area (Å²) in [6.07, 6.45) is 0.705. The third-order valence-electron chi connectivity index (χ3n) is 3.02. The van der Waals surface area contributed by atoms with Gasteiger partial charge in [0, 0.05) is 30.4 Å². The maximum absolute atomic E-state index is 7.92. The van der Waals surface area contributed by atoms with Crippen molar-refractivity contribution >= 4 is 0 Å². The maximum Gasteiger partial charge on any atom is 0.0704 e. The summed E-state index contributed by atoms with van der Waals surface area (Å²) in [5, 5.41) is 0. The van der Waals surface area contributed by atoms with E-state index in [0.29, 0.717) is 5.69 Å². The van der Waals surface area contributed by atoms with Crippen LogP contribution in [0.5, 0.6) is 0 Å². The van der Waals surface area contributed by atoms with Crippen LogP contribution in [0.25, 0.3) is 22.5 Å². The summed E-state index contributed by atoms with van der Waals surface area (Å²) in [7, 11) is 0. The summed E-state index contributed by atoms with van der Waals surface area (Å²) < 4.78 is 38.1. The molecule has 0 aliphatic heterocycles. The second-order valence-corrected chi connectivity index (χ2v) is 4.35. The van der Waals surface area contributed by atoms with Crippen LogP contribution >= 0.6 is 0 Å². The van der Waals surface area contributed by atoms with E-state index in [-0.39, 0.29) is 5.56 Å². The van der Waals surface area contributed by atoms with Gasteiger partial charge in [0.2, 0.25) is 0 Å². The zero-order chi connectivity index (χ0) is 18.1. The zero-order valence-electron chi connectivity index (χ0n) is 15.7. The third-order valence-corrected chi connectivity index (χ3v) is 3.02. The van der Waals surface area contributed by atoms with E-state index in [2.05, 4.69) is 9.97 Å². The lowest BCUT2D eigenvalue weighted by Crippen LogP contribution is -1.88. The molecule has 1 aromatic carbocycles. The third kappa shape index (κ3) is 2.59. The fraction of sp³-hybridized carbons (Fsp3) is 0.111. The van der Waals surface area contributed by atoms with E-state index in [1.807, 2.05) is 42.5 Å². The summed E-state index contributed by atoms with van der Waals surface area (Å²) in [6.45, 7) is -2.75. The van der Waals surface area contributed by atoms with Crippen molar-refractivity contribution in [2.45, 2.75) is 13.2 Å². The molecule has 2 heteroatoms. The van der Waals surface area contributed by atoms with Gasteiger partial charge in [-0.25, -0.2) is 0 Å². The monoisotopic (exact) mass is 265 g/mol. The highest BCUT2D eigenvalue weighted by Gasteiger charge is 2.03. The lowest BCUT2D eigenvalue weighted by molar-refractivity contribution is 1.12. The minimum Gasteiger partial charge on any atom is -0.256 e. The largest absolute Gasteiger partial charge is 0.256 e. The van der Waals surface area contributed by atoms with Crippen LogP contribution in [0.15, 0.2) is 67.0 Å². The van der Waals surface area contributed by atoms with E-state index in [1.165, 1.54) is 18.3 Å². The first-order valence-electron chi connectivity index (χ1n) is 8.77. The zero-order valence-corrected chi connectivity index (χ0v) is 10.7. The number of nitrogens with zero attached hydrogens (tertiary/aromatic N) is 2. The number of hydrogen-bond donors (Lipinski definition) is 0. The summed E-state index contributed by atoms with van der Waals surface area (Å²) >= 11 is 0. The van der Waals surface area contributed by atoms with Crippen molar-refractivity contribution in [3.05, 3.63) is 72.6 Å². The Hall–Kier alpha value is -2.48. The van der Waals surface area contributed by atoms with E-state index in [1.54, 1.807) is 6.20 Å². The fourth-order valence-electron chi connectivity index (χ4n) is 2.04. The van der Waals surface area contributed by atoms with Crippen molar-refractivity contribution in [1.82, 2.24) is 9.97 Å². The van der Waals surface area contributed by atoms with Crippen LogP contribution in [0.3, 0.4) is 0 Å². The molecule has 0 saturated carbocycles. The van der Waals surface area contributed by atoms with Crippen molar-refractivity contribution in [3.63, 3.8) is 0 Å². The van der Waals surface area contributed by atoms with Crippen LogP contribution < -0.4 is 0 Å². The predicted octanol–water partition coefficient (Wildman–Crippen LogP) is 4.37. The van der Waals surface area contributed by atoms with Crippen molar-refractivity contribution in [2.75, 3.05) is 0 Å². The number of pyridine rings is 2. The number of rotatable bonds is 3. The molecular weight excluding hydrogens is 244 g/mol. The molecule has 0 aliphatic carbocycles. The molecule has 2 heterocycles. The molecule has 0 atom stereocenters. The molecule has 0 radical (unpaired) electrons. The maximum atomic E-state index is 7.92.